The molecule has 3 N–H and O–H groups in total. The maximum absolute atomic E-state index is 9.83. The van der Waals surface area contributed by atoms with Crippen molar-refractivity contribution in [3.05, 3.63) is 23.8 Å². The summed E-state index contributed by atoms with van der Waals surface area (Å²) in [5.41, 5.74) is 2.32. The van der Waals surface area contributed by atoms with Gasteiger partial charge in [-0.05, 0) is 38.5 Å². The summed E-state index contributed by atoms with van der Waals surface area (Å²) in [6, 6.07) is 5.89. The molecule has 4 nitrogen and oxygen atoms in total. The number of aromatic hydroxyl groups is 1. The minimum atomic E-state index is 0.235. The van der Waals surface area contributed by atoms with E-state index in [1.165, 1.54) is 38.2 Å². The molecule has 114 valence electrons. The normalized spacial score (nSPS) is 44.0. The van der Waals surface area contributed by atoms with Crippen molar-refractivity contribution in [2.45, 2.75) is 26.4 Å². The first kappa shape index (κ1) is 13.4. The molecule has 4 heteroatoms. The average molecular weight is 290 g/mol. The monoisotopic (exact) mass is 290 g/mol. The average Bonchev–Trinajstić information content (AvgIpc) is 2.36. The fraction of sp³-hybridized carbons (Fsp3) is 0.647. The van der Waals surface area contributed by atoms with Crippen molar-refractivity contribution >= 4 is 0 Å². The maximum Gasteiger partial charge on any atom is 0.240 e. The fourth-order valence-corrected chi connectivity index (χ4v) is 5.77. The van der Waals surface area contributed by atoms with Crippen molar-refractivity contribution in [2.75, 3.05) is 33.3 Å². The molecular weight excluding hydrogens is 264 g/mol. The second kappa shape index (κ2) is 4.14. The maximum atomic E-state index is 9.83. The summed E-state index contributed by atoms with van der Waals surface area (Å²) in [6.07, 6.45) is 1.89. The lowest BCUT2D eigenvalue weighted by atomic mass is 9.63. The molecule has 0 unspecified atom stereocenters. The molecule has 4 aliphatic rings. The molecule has 5 rings (SSSR count). The van der Waals surface area contributed by atoms with Crippen molar-refractivity contribution in [2.24, 2.45) is 10.8 Å². The summed E-state index contributed by atoms with van der Waals surface area (Å²) in [5.74, 6) is 0.832. The third-order valence-corrected chi connectivity index (χ3v) is 5.82. The van der Waals surface area contributed by atoms with Gasteiger partial charge in [0.15, 0.2) is 11.5 Å². The van der Waals surface area contributed by atoms with Crippen molar-refractivity contribution < 1.29 is 19.6 Å². The van der Waals surface area contributed by atoms with E-state index in [4.69, 9.17) is 4.74 Å². The Labute approximate surface area is 126 Å². The lowest BCUT2D eigenvalue weighted by Crippen LogP contribution is -3.40. The first-order chi connectivity index (χ1) is 9.91. The Balaban J connectivity index is 1.71. The van der Waals surface area contributed by atoms with Gasteiger partial charge in [0.2, 0.25) is 6.17 Å². The molecule has 21 heavy (non-hydrogen) atoms. The van der Waals surface area contributed by atoms with E-state index in [0.717, 1.165) is 0 Å². The molecule has 4 bridgehead atoms. The van der Waals surface area contributed by atoms with Crippen LogP contribution in [0.4, 0.5) is 0 Å². The Morgan fingerprint density at radius 2 is 1.67 bits per heavy atom. The number of nitrogens with one attached hydrogen (secondary N) is 2. The molecular formula is C17H26N2O2+2. The number of rotatable bonds is 2. The van der Waals surface area contributed by atoms with Crippen LogP contribution in [0.15, 0.2) is 18.2 Å². The molecule has 1 aromatic rings. The topological polar surface area (TPSA) is 38.3 Å². The predicted molar refractivity (Wildman–Crippen MR) is 79.6 cm³/mol. The fourth-order valence-electron chi connectivity index (χ4n) is 5.77. The Kier molecular flexibility index (Phi) is 2.64. The minimum absolute atomic E-state index is 0.235. The second-order valence-corrected chi connectivity index (χ2v) is 8.19. The third kappa shape index (κ3) is 1.96. The molecule has 0 saturated carbocycles. The zero-order chi connectivity index (χ0) is 14.8. The largest absolute Gasteiger partial charge is 0.504 e. The number of methoxy groups -OCH3 is 1. The van der Waals surface area contributed by atoms with Gasteiger partial charge in [0.1, 0.15) is 0 Å². The van der Waals surface area contributed by atoms with Crippen LogP contribution in [-0.4, -0.2) is 38.4 Å². The highest BCUT2D eigenvalue weighted by Crippen LogP contribution is 2.39. The molecule has 4 aliphatic heterocycles. The van der Waals surface area contributed by atoms with Crippen LogP contribution in [-0.2, 0) is 0 Å². The number of phenolic OH excluding ortho intramolecular Hbond substituents is 1. The number of hydrogen-bond donors (Lipinski definition) is 3. The Morgan fingerprint density at radius 3 is 2.19 bits per heavy atom. The molecule has 4 saturated heterocycles. The molecule has 0 aromatic heterocycles. The van der Waals surface area contributed by atoms with E-state index in [1.54, 1.807) is 23.0 Å². The highest BCUT2D eigenvalue weighted by atomic mass is 16.5. The number of piperidine rings is 2. The van der Waals surface area contributed by atoms with Gasteiger partial charge in [-0.2, -0.15) is 0 Å². The lowest BCUT2D eigenvalue weighted by Gasteiger charge is -2.60. The van der Waals surface area contributed by atoms with Gasteiger partial charge in [-0.1, -0.05) is 0 Å². The molecule has 0 radical (unpaired) electrons. The smallest absolute Gasteiger partial charge is 0.240 e. The van der Waals surface area contributed by atoms with Crippen molar-refractivity contribution in [3.63, 3.8) is 0 Å². The van der Waals surface area contributed by atoms with Gasteiger partial charge in [0.05, 0.1) is 49.7 Å². The first-order valence-electron chi connectivity index (χ1n) is 7.98. The predicted octanol–water partition coefficient (Wildman–Crippen LogP) is -0.387. The number of phenols is 1. The van der Waals surface area contributed by atoms with Gasteiger partial charge in [-0.15, -0.1) is 0 Å². The number of benzene rings is 1. The van der Waals surface area contributed by atoms with Crippen molar-refractivity contribution in [1.29, 1.82) is 0 Å². The summed E-state index contributed by atoms with van der Waals surface area (Å²) in [7, 11) is 1.62. The van der Waals surface area contributed by atoms with Crippen LogP contribution in [0.3, 0.4) is 0 Å². The van der Waals surface area contributed by atoms with Gasteiger partial charge in [-0.25, -0.2) is 0 Å². The second-order valence-electron chi connectivity index (χ2n) is 8.19. The Bertz CT molecular complexity index is 550. The van der Waals surface area contributed by atoms with Crippen LogP contribution in [0.25, 0.3) is 0 Å². The van der Waals surface area contributed by atoms with Gasteiger partial charge >= 0.3 is 0 Å². The van der Waals surface area contributed by atoms with Crippen LogP contribution < -0.4 is 14.5 Å². The van der Waals surface area contributed by atoms with E-state index in [0.29, 0.717) is 22.7 Å². The summed E-state index contributed by atoms with van der Waals surface area (Å²) >= 11 is 0. The molecule has 1 aromatic carbocycles. The van der Waals surface area contributed by atoms with E-state index in [-0.39, 0.29) is 5.75 Å². The molecule has 4 fully saturated rings. The van der Waals surface area contributed by atoms with E-state index in [9.17, 15) is 5.11 Å². The molecule has 4 heterocycles. The summed E-state index contributed by atoms with van der Waals surface area (Å²) in [6.45, 7) is 10.0. The van der Waals surface area contributed by atoms with E-state index in [2.05, 4.69) is 19.9 Å². The van der Waals surface area contributed by atoms with Crippen LogP contribution >= 0.6 is 0 Å². The van der Waals surface area contributed by atoms with Crippen LogP contribution in [0.5, 0.6) is 11.5 Å². The molecule has 0 aliphatic carbocycles. The van der Waals surface area contributed by atoms with E-state index in [1.807, 2.05) is 6.07 Å². The van der Waals surface area contributed by atoms with Gasteiger partial charge < -0.3 is 9.84 Å². The molecule has 0 amide bonds. The number of hydrogen-bond acceptors (Lipinski definition) is 2. The summed E-state index contributed by atoms with van der Waals surface area (Å²) in [5, 5.41) is 9.83. The van der Waals surface area contributed by atoms with Crippen molar-refractivity contribution in [3.8, 4) is 11.5 Å². The Hall–Kier alpha value is -1.26. The standard InChI is InChI=1S/C17H24N2O2/c1-16-7-17(2)10-18(8-16)15(19(9-16)11-17)12-4-5-13(20)14(6-12)21-3/h4-6,15,20H,7-11H2,1-3H3/p+2. The van der Waals surface area contributed by atoms with Crippen LogP contribution in [0, 0.1) is 10.8 Å². The van der Waals surface area contributed by atoms with Gasteiger partial charge in [0, 0.05) is 0 Å². The highest BCUT2D eigenvalue weighted by molar-refractivity contribution is 5.42. The lowest BCUT2D eigenvalue weighted by molar-refractivity contribution is -1.18. The zero-order valence-corrected chi connectivity index (χ0v) is 13.2. The Morgan fingerprint density at radius 1 is 1.10 bits per heavy atom. The highest BCUT2D eigenvalue weighted by Gasteiger charge is 2.62. The van der Waals surface area contributed by atoms with E-state index < -0.39 is 0 Å². The van der Waals surface area contributed by atoms with Crippen LogP contribution in [0.2, 0.25) is 0 Å². The van der Waals surface area contributed by atoms with Crippen LogP contribution in [0.1, 0.15) is 32.0 Å². The summed E-state index contributed by atoms with van der Waals surface area (Å²) in [4.78, 5) is 3.43. The molecule has 0 atom stereocenters. The quantitative estimate of drug-likeness (QED) is 0.694. The SMILES string of the molecule is COc1cc(C2[NH+]3CC4(C)C[NH+]2CC(C)(C3)C4)ccc1O. The first-order valence-corrected chi connectivity index (χ1v) is 7.98. The van der Waals surface area contributed by atoms with E-state index >= 15 is 0 Å². The zero-order valence-electron chi connectivity index (χ0n) is 13.2. The molecule has 0 spiro atoms. The number of ether oxygens (including phenoxy) is 1. The van der Waals surface area contributed by atoms with Crippen molar-refractivity contribution in [1.82, 2.24) is 0 Å². The summed E-state index contributed by atoms with van der Waals surface area (Å²) < 4.78 is 5.30. The minimum Gasteiger partial charge on any atom is -0.504 e. The third-order valence-electron chi connectivity index (χ3n) is 5.82. The van der Waals surface area contributed by atoms with Gasteiger partial charge in [0.25, 0.3) is 0 Å². The van der Waals surface area contributed by atoms with Gasteiger partial charge in [-0.3, -0.25) is 9.80 Å². The number of quaternary nitrogens is 2.